The molecule has 0 atom stereocenters. The summed E-state index contributed by atoms with van der Waals surface area (Å²) in [4.78, 5) is 0. The van der Waals surface area contributed by atoms with Crippen LogP contribution in [0.25, 0.3) is 43.1 Å². The van der Waals surface area contributed by atoms with Crippen LogP contribution in [0.15, 0.2) is 72.8 Å². The summed E-state index contributed by atoms with van der Waals surface area (Å²) in [5.74, 6) is 0. The van der Waals surface area contributed by atoms with Crippen molar-refractivity contribution in [3.8, 4) is 0 Å². The van der Waals surface area contributed by atoms with Gasteiger partial charge in [0.25, 0.3) is 0 Å². The molecule has 0 N–H and O–H groups in total. The molecule has 6 rings (SSSR count). The highest BCUT2D eigenvalue weighted by molar-refractivity contribution is 7.39. The van der Waals surface area contributed by atoms with Crippen LogP contribution in [0.1, 0.15) is 5.56 Å². The van der Waals surface area contributed by atoms with Crippen LogP contribution in [-0.2, 0) is 4.43 Å². The summed E-state index contributed by atoms with van der Waals surface area (Å²) in [6, 6.07) is 28.7. The highest BCUT2D eigenvalue weighted by Crippen LogP contribution is 2.32. The van der Waals surface area contributed by atoms with Crippen LogP contribution in [0, 0.1) is 6.92 Å². The summed E-state index contributed by atoms with van der Waals surface area (Å²) < 4.78 is 5.71. The largest absolute Gasteiger partial charge is 0.422 e. The van der Waals surface area contributed by atoms with E-state index in [1.54, 1.807) is 5.19 Å². The molecule has 0 saturated carbocycles. The molecular weight excluding hydrogens is 401 g/mol. The molecule has 137 valence electrons. The van der Waals surface area contributed by atoms with E-state index in [9.17, 15) is 0 Å². The zero-order valence-corrected chi connectivity index (χ0v) is 19.3. The summed E-state index contributed by atoms with van der Waals surface area (Å²) in [7, 11) is 1.16. The van der Waals surface area contributed by atoms with Crippen LogP contribution < -0.4 is 5.19 Å². The predicted octanol–water partition coefficient (Wildman–Crippen LogP) is 5.07. The quantitative estimate of drug-likeness (QED) is 0.209. The van der Waals surface area contributed by atoms with Gasteiger partial charge in [-0.25, -0.2) is 0 Å². The molecule has 4 heteroatoms. The van der Waals surface area contributed by atoms with Gasteiger partial charge in [0, 0.05) is 6.61 Å². The van der Waals surface area contributed by atoms with Gasteiger partial charge in [-0.2, -0.15) is 0 Å². The second kappa shape index (κ2) is 6.92. The molecule has 5 aromatic rings. The van der Waals surface area contributed by atoms with E-state index >= 15 is 0 Å². The van der Waals surface area contributed by atoms with E-state index < -0.39 is 8.31 Å². The smallest absolute Gasteiger partial charge is 0.203 e. The maximum Gasteiger partial charge on any atom is 0.203 e. The first kappa shape index (κ1) is 17.6. The van der Waals surface area contributed by atoms with E-state index in [0.717, 1.165) is 15.2 Å². The fourth-order valence-corrected chi connectivity index (χ4v) is 14.1. The third-order valence-corrected chi connectivity index (χ3v) is 15.6. The summed E-state index contributed by atoms with van der Waals surface area (Å²) in [6.07, 6.45) is 0. The van der Waals surface area contributed by atoms with Crippen molar-refractivity contribution in [2.75, 3.05) is 6.61 Å². The van der Waals surface area contributed by atoms with Gasteiger partial charge in [-0.05, 0) is 80.3 Å². The number of hydrogen-bond donors (Lipinski definition) is 0. The average molecular weight is 420 g/mol. The van der Waals surface area contributed by atoms with Crippen molar-refractivity contribution in [3.63, 3.8) is 0 Å². The van der Waals surface area contributed by atoms with Crippen molar-refractivity contribution < 1.29 is 4.43 Å². The Hall–Kier alpha value is -2.25. The molecule has 1 fully saturated rings. The Labute approximate surface area is 176 Å². The van der Waals surface area contributed by atoms with Gasteiger partial charge in [0.2, 0.25) is 9.28 Å². The maximum atomic E-state index is 5.71. The molecule has 1 nitrogen and oxygen atoms in total. The minimum Gasteiger partial charge on any atom is -0.422 e. The van der Waals surface area contributed by atoms with Crippen molar-refractivity contribution >= 4 is 74.4 Å². The number of hydrogen-bond acceptors (Lipinski definition) is 1. The van der Waals surface area contributed by atoms with Gasteiger partial charge in [-0.3, -0.25) is 0 Å². The molecule has 1 aliphatic heterocycles. The minimum absolute atomic E-state index is 0.520. The van der Waals surface area contributed by atoms with Crippen LogP contribution in [0.5, 0.6) is 0 Å². The normalized spacial score (nSPS) is 15.6. The highest BCUT2D eigenvalue weighted by atomic mass is 29.5. The lowest BCUT2D eigenvalue weighted by Gasteiger charge is -2.23. The van der Waals surface area contributed by atoms with Crippen LogP contribution >= 0.6 is 0 Å². The first-order chi connectivity index (χ1) is 14.3. The van der Waals surface area contributed by atoms with E-state index in [0.29, 0.717) is 9.28 Å². The van der Waals surface area contributed by atoms with Gasteiger partial charge >= 0.3 is 0 Å². The molecule has 5 aromatic carbocycles. The maximum absolute atomic E-state index is 5.71. The second-order valence-corrected chi connectivity index (χ2v) is 16.0. The van der Waals surface area contributed by atoms with Crippen molar-refractivity contribution in [2.45, 2.75) is 13.0 Å². The monoisotopic (exact) mass is 419 g/mol. The van der Waals surface area contributed by atoms with Crippen LogP contribution in [-0.4, -0.2) is 32.8 Å². The lowest BCUT2D eigenvalue weighted by Crippen LogP contribution is -2.46. The zero-order valence-electron chi connectivity index (χ0n) is 16.3. The van der Waals surface area contributed by atoms with Crippen LogP contribution in [0.3, 0.4) is 0 Å². The molecule has 1 heterocycles. The van der Waals surface area contributed by atoms with Gasteiger partial charge in [-0.15, -0.1) is 0 Å². The van der Waals surface area contributed by atoms with Gasteiger partial charge in [-0.1, -0.05) is 59.3 Å². The third kappa shape index (κ3) is 2.90. The molecule has 1 aliphatic rings. The summed E-state index contributed by atoms with van der Waals surface area (Å²) in [6.45, 7) is 3.24. The molecule has 1 saturated heterocycles. The Morgan fingerprint density at radius 2 is 1.38 bits per heavy atom. The number of rotatable bonds is 1. The van der Waals surface area contributed by atoms with Crippen molar-refractivity contribution in [2.24, 2.45) is 0 Å². The van der Waals surface area contributed by atoms with E-state index in [1.165, 1.54) is 54.7 Å². The Morgan fingerprint density at radius 1 is 0.724 bits per heavy atom. The number of aryl methyl sites for hydroxylation is 1. The summed E-state index contributed by atoms with van der Waals surface area (Å²) in [5.41, 5.74) is 1.47. The molecule has 29 heavy (non-hydrogen) atoms. The Morgan fingerprint density at radius 3 is 2.14 bits per heavy atom. The summed E-state index contributed by atoms with van der Waals surface area (Å²) >= 11 is 0. The lowest BCUT2D eigenvalue weighted by molar-refractivity contribution is 0.367. The fourth-order valence-electron chi connectivity index (χ4n) is 4.63. The van der Waals surface area contributed by atoms with Crippen LogP contribution in [0.4, 0.5) is 0 Å². The molecule has 0 spiro atoms. The molecule has 5 radical (unpaired) electrons. The van der Waals surface area contributed by atoms with Gasteiger partial charge in [0.15, 0.2) is 0 Å². The highest BCUT2D eigenvalue weighted by Gasteiger charge is 2.23. The molecular formula is C25H19OSi3. The van der Waals surface area contributed by atoms with E-state index in [-0.39, 0.29) is 0 Å². The molecule has 0 aromatic heterocycles. The first-order valence-corrected chi connectivity index (χ1v) is 15.7. The number of benzene rings is 5. The fraction of sp³-hybridized carbons (Fsp3) is 0.120. The molecule has 0 bridgehead atoms. The second-order valence-electron chi connectivity index (χ2n) is 7.84. The Bertz CT molecular complexity index is 1400. The Balaban J connectivity index is 1.69. The zero-order chi connectivity index (χ0) is 19.4. The topological polar surface area (TPSA) is 9.23 Å². The third-order valence-electron chi connectivity index (χ3n) is 6.08. The van der Waals surface area contributed by atoms with Crippen molar-refractivity contribution in [3.05, 3.63) is 78.4 Å². The standard InChI is InChI=1S/C25H19OSi3/c1-16-6-7-21-13-20-9-8-19-12-17-4-2-3-5-18(17)14-22(19)23(20)15-24(21)25(16)29-11-10-26-27-28-29/h2-9,12-15H,10-11H2,1H3. The lowest BCUT2D eigenvalue weighted by atomic mass is 9.95. The average Bonchev–Trinajstić information content (AvgIpc) is 2.77. The SMILES string of the molecule is Cc1ccc2cc3ccc4cc5ccccc5cc4c3cc2c1[Si]1CCO[Si][Si]1. The minimum atomic E-state index is -0.520. The van der Waals surface area contributed by atoms with Gasteiger partial charge in [0.1, 0.15) is 0 Å². The predicted molar refractivity (Wildman–Crippen MR) is 129 cm³/mol. The molecule has 0 aliphatic carbocycles. The van der Waals surface area contributed by atoms with Crippen molar-refractivity contribution in [1.82, 2.24) is 0 Å². The first-order valence-electron chi connectivity index (χ1n) is 10.1. The van der Waals surface area contributed by atoms with Crippen molar-refractivity contribution in [1.29, 1.82) is 0 Å². The number of fused-ring (bicyclic) bond motifs is 5. The van der Waals surface area contributed by atoms with E-state index in [1.807, 2.05) is 0 Å². The van der Waals surface area contributed by atoms with E-state index in [2.05, 4.69) is 79.7 Å². The van der Waals surface area contributed by atoms with Gasteiger partial charge in [0.05, 0.1) is 16.9 Å². The molecule has 0 amide bonds. The summed E-state index contributed by atoms with van der Waals surface area (Å²) in [5, 5.41) is 12.6. The van der Waals surface area contributed by atoms with Crippen LogP contribution in [0.2, 0.25) is 6.04 Å². The van der Waals surface area contributed by atoms with E-state index in [4.69, 9.17) is 4.43 Å². The Kier molecular flexibility index (Phi) is 4.20. The van der Waals surface area contributed by atoms with Gasteiger partial charge < -0.3 is 4.43 Å². The molecule has 0 unspecified atom stereocenters.